The Balaban J connectivity index is 2.09. The Hall–Kier alpha value is -1.59. The molecule has 1 aliphatic heterocycles. The minimum Gasteiger partial charge on any atom is -0.388 e. The summed E-state index contributed by atoms with van der Waals surface area (Å²) < 4.78 is 7.04. The van der Waals surface area contributed by atoms with Gasteiger partial charge in [0.25, 0.3) is 0 Å². The van der Waals surface area contributed by atoms with Gasteiger partial charge in [0.15, 0.2) is 16.8 Å². The molecule has 20 heavy (non-hydrogen) atoms. The van der Waals surface area contributed by atoms with E-state index in [-0.39, 0.29) is 17.2 Å². The fourth-order valence-corrected chi connectivity index (χ4v) is 2.43. The van der Waals surface area contributed by atoms with Crippen LogP contribution in [-0.4, -0.2) is 59.8 Å². The summed E-state index contributed by atoms with van der Waals surface area (Å²) in [5, 5.41) is 29.2. The van der Waals surface area contributed by atoms with Crippen molar-refractivity contribution in [1.82, 2.24) is 19.5 Å². The molecule has 0 radical (unpaired) electrons. The third-order valence-electron chi connectivity index (χ3n) is 3.21. The number of nitrogens with two attached hydrogens (primary N) is 1. The molecule has 2 aromatic heterocycles. The summed E-state index contributed by atoms with van der Waals surface area (Å²) in [6.45, 7) is -0.107. The third kappa shape index (κ3) is 1.98. The molecule has 0 saturated carbocycles. The first-order valence-corrected chi connectivity index (χ1v) is 6.28. The van der Waals surface area contributed by atoms with Gasteiger partial charge in [0.2, 0.25) is 0 Å². The Morgan fingerprint density at radius 3 is 2.90 bits per heavy atom. The van der Waals surface area contributed by atoms with Crippen molar-refractivity contribution in [1.29, 1.82) is 0 Å². The minimum absolute atomic E-state index is 0.107. The van der Waals surface area contributed by atoms with Crippen molar-refractivity contribution < 1.29 is 20.1 Å². The van der Waals surface area contributed by atoms with Gasteiger partial charge in [-0.2, -0.15) is 0 Å². The Kier molecular flexibility index (Phi) is 3.18. The summed E-state index contributed by atoms with van der Waals surface area (Å²) in [5.41, 5.74) is 6.43. The van der Waals surface area contributed by atoms with Gasteiger partial charge in [0.05, 0.1) is 12.9 Å². The summed E-state index contributed by atoms with van der Waals surface area (Å²) in [6, 6.07) is 0. The zero-order valence-electron chi connectivity index (χ0n) is 10.2. The van der Waals surface area contributed by atoms with E-state index in [1.165, 1.54) is 10.9 Å². The molecule has 2 aromatic rings. The minimum atomic E-state index is -1.31. The Morgan fingerprint density at radius 1 is 1.40 bits per heavy atom. The molecule has 1 fully saturated rings. The van der Waals surface area contributed by atoms with Crippen LogP contribution < -0.4 is 5.73 Å². The number of nitrogens with one attached hydrogen (secondary N) is 1. The molecule has 3 heterocycles. The highest BCUT2D eigenvalue weighted by Crippen LogP contribution is 2.27. The molecule has 0 unspecified atom stereocenters. The predicted octanol–water partition coefficient (Wildman–Crippen LogP) is -1.32. The SMILES string of the molecule is Nc1nc(=S)c2ncn([C@H]3OC[C@@H](O)[C@@H](O)[C@H]3O)c2[nH]1. The number of nitrogens with zero attached hydrogens (tertiary/aromatic N) is 3. The third-order valence-corrected chi connectivity index (χ3v) is 3.50. The standard InChI is InChI=1S/C10H13N5O4S/c11-10-13-7-4(8(20)14-10)12-2-15(7)9-6(18)5(17)3(16)1-19-9/h2-3,5-6,9,16-18H,1H2,(H3,11,13,14,20)/t3-,5-,6-,9+/m1/s1. The van der Waals surface area contributed by atoms with Crippen LogP contribution in [0.25, 0.3) is 11.2 Å². The topological polar surface area (TPSA) is 142 Å². The van der Waals surface area contributed by atoms with E-state index in [1.807, 2.05) is 0 Å². The average molecular weight is 299 g/mol. The molecule has 0 amide bonds. The number of aromatic nitrogens is 4. The van der Waals surface area contributed by atoms with E-state index in [0.29, 0.717) is 11.2 Å². The molecule has 3 rings (SSSR count). The zero-order valence-corrected chi connectivity index (χ0v) is 11.0. The molecule has 108 valence electrons. The van der Waals surface area contributed by atoms with Gasteiger partial charge in [-0.05, 0) is 0 Å². The molecule has 0 spiro atoms. The quantitative estimate of drug-likeness (QED) is 0.408. The first-order chi connectivity index (χ1) is 9.49. The molecule has 6 N–H and O–H groups in total. The van der Waals surface area contributed by atoms with E-state index in [2.05, 4.69) is 15.0 Å². The van der Waals surface area contributed by atoms with Gasteiger partial charge in [0.1, 0.15) is 29.5 Å². The molecule has 1 saturated heterocycles. The number of ether oxygens (including phenoxy) is 1. The highest BCUT2D eigenvalue weighted by atomic mass is 32.1. The first kappa shape index (κ1) is 13.4. The van der Waals surface area contributed by atoms with E-state index in [9.17, 15) is 15.3 Å². The molecule has 0 aromatic carbocycles. The number of fused-ring (bicyclic) bond motifs is 1. The van der Waals surface area contributed by atoms with Crippen LogP contribution in [0.3, 0.4) is 0 Å². The molecular weight excluding hydrogens is 286 g/mol. The molecule has 4 atom stereocenters. The van der Waals surface area contributed by atoms with Gasteiger partial charge in [-0.3, -0.25) is 4.57 Å². The van der Waals surface area contributed by atoms with Crippen molar-refractivity contribution in [2.75, 3.05) is 12.3 Å². The van der Waals surface area contributed by atoms with Crippen LogP contribution >= 0.6 is 12.2 Å². The van der Waals surface area contributed by atoms with Crippen LogP contribution in [0.5, 0.6) is 0 Å². The predicted molar refractivity (Wildman–Crippen MR) is 70.1 cm³/mol. The van der Waals surface area contributed by atoms with Crippen molar-refractivity contribution in [3.63, 3.8) is 0 Å². The lowest BCUT2D eigenvalue weighted by molar-refractivity contribution is -0.210. The summed E-state index contributed by atoms with van der Waals surface area (Å²) in [5.74, 6) is 0.107. The van der Waals surface area contributed by atoms with Gasteiger partial charge in [-0.15, -0.1) is 0 Å². The molecule has 10 heteroatoms. The van der Waals surface area contributed by atoms with Gasteiger partial charge in [-0.25, -0.2) is 9.97 Å². The fraction of sp³-hybridized carbons (Fsp3) is 0.500. The van der Waals surface area contributed by atoms with Crippen molar-refractivity contribution in [3.05, 3.63) is 11.0 Å². The van der Waals surface area contributed by atoms with Crippen LogP contribution in [0.4, 0.5) is 5.95 Å². The van der Waals surface area contributed by atoms with Gasteiger partial charge in [-0.1, -0.05) is 12.2 Å². The van der Waals surface area contributed by atoms with E-state index in [0.717, 1.165) is 0 Å². The summed E-state index contributed by atoms with van der Waals surface area (Å²) in [6.07, 6.45) is -3.27. The van der Waals surface area contributed by atoms with E-state index in [4.69, 9.17) is 22.7 Å². The van der Waals surface area contributed by atoms with Crippen molar-refractivity contribution in [2.45, 2.75) is 24.5 Å². The van der Waals surface area contributed by atoms with Crippen LogP contribution in [-0.2, 0) is 4.74 Å². The lowest BCUT2D eigenvalue weighted by Gasteiger charge is -2.35. The van der Waals surface area contributed by atoms with E-state index < -0.39 is 24.5 Å². The van der Waals surface area contributed by atoms with E-state index >= 15 is 0 Å². The maximum Gasteiger partial charge on any atom is 0.200 e. The second-order valence-corrected chi connectivity index (χ2v) is 4.94. The second kappa shape index (κ2) is 4.75. The second-order valence-electron chi connectivity index (χ2n) is 4.55. The summed E-state index contributed by atoms with van der Waals surface area (Å²) in [7, 11) is 0. The molecule has 0 bridgehead atoms. The van der Waals surface area contributed by atoms with Gasteiger partial charge in [0, 0.05) is 0 Å². The Morgan fingerprint density at radius 2 is 2.15 bits per heavy atom. The fourth-order valence-electron chi connectivity index (χ4n) is 2.18. The Labute approximate surface area is 117 Å². The average Bonchev–Trinajstić information content (AvgIpc) is 2.80. The number of hydrogen-bond donors (Lipinski definition) is 5. The summed E-state index contributed by atoms with van der Waals surface area (Å²) >= 11 is 5.05. The molecule has 9 nitrogen and oxygen atoms in total. The molecule has 1 aliphatic rings. The number of hydrogen-bond acceptors (Lipinski definition) is 8. The van der Waals surface area contributed by atoms with Crippen LogP contribution in [0.15, 0.2) is 6.33 Å². The van der Waals surface area contributed by atoms with Crippen molar-refractivity contribution in [3.8, 4) is 0 Å². The smallest absolute Gasteiger partial charge is 0.200 e. The number of aromatic amines is 1. The molecule has 0 aliphatic carbocycles. The largest absolute Gasteiger partial charge is 0.388 e. The van der Waals surface area contributed by atoms with Crippen LogP contribution in [0.2, 0.25) is 0 Å². The lowest BCUT2D eigenvalue weighted by atomic mass is 10.0. The monoisotopic (exact) mass is 299 g/mol. The maximum atomic E-state index is 10.0. The summed E-state index contributed by atoms with van der Waals surface area (Å²) in [4.78, 5) is 10.8. The van der Waals surface area contributed by atoms with Crippen LogP contribution in [0, 0.1) is 4.64 Å². The normalized spacial score (nSPS) is 30.8. The highest BCUT2D eigenvalue weighted by Gasteiger charge is 2.39. The number of rotatable bonds is 1. The Bertz CT molecular complexity index is 701. The number of aliphatic hydroxyl groups excluding tert-OH is 3. The van der Waals surface area contributed by atoms with Gasteiger partial charge >= 0.3 is 0 Å². The highest BCUT2D eigenvalue weighted by molar-refractivity contribution is 7.71. The number of imidazole rings is 1. The van der Waals surface area contributed by atoms with Crippen molar-refractivity contribution >= 4 is 29.3 Å². The van der Waals surface area contributed by atoms with Gasteiger partial charge < -0.3 is 30.8 Å². The zero-order chi connectivity index (χ0) is 14.4. The number of anilines is 1. The number of H-pyrrole nitrogens is 1. The number of nitrogen functional groups attached to an aromatic ring is 1. The number of aliphatic hydroxyl groups is 3. The van der Waals surface area contributed by atoms with E-state index in [1.54, 1.807) is 0 Å². The maximum absolute atomic E-state index is 10.0. The van der Waals surface area contributed by atoms with Crippen LogP contribution in [0.1, 0.15) is 6.23 Å². The lowest BCUT2D eigenvalue weighted by Crippen LogP contribution is -2.50. The first-order valence-electron chi connectivity index (χ1n) is 5.87. The van der Waals surface area contributed by atoms with Crippen molar-refractivity contribution in [2.24, 2.45) is 0 Å². The molecular formula is C10H13N5O4S.